The van der Waals surface area contributed by atoms with Crippen LogP contribution in [0.15, 0.2) is 47.4 Å². The summed E-state index contributed by atoms with van der Waals surface area (Å²) in [5.74, 6) is -0.346. The molecule has 7 nitrogen and oxygen atoms in total. The van der Waals surface area contributed by atoms with Crippen LogP contribution in [0.5, 0.6) is 5.75 Å². The van der Waals surface area contributed by atoms with Crippen LogP contribution in [0.3, 0.4) is 0 Å². The first kappa shape index (κ1) is 19.2. The Morgan fingerprint density at radius 2 is 2.00 bits per heavy atom. The highest BCUT2D eigenvalue weighted by Crippen LogP contribution is 2.35. The van der Waals surface area contributed by atoms with E-state index < -0.39 is 5.91 Å². The van der Waals surface area contributed by atoms with Crippen molar-refractivity contribution in [1.29, 1.82) is 0 Å². The molecule has 1 fully saturated rings. The zero-order valence-electron chi connectivity index (χ0n) is 15.0. The first-order chi connectivity index (χ1) is 13.9. The maximum absolute atomic E-state index is 12.5. The lowest BCUT2D eigenvalue weighted by Gasteiger charge is -2.29. The molecule has 3 N–H and O–H groups in total. The molecule has 2 aromatic carbocycles. The summed E-state index contributed by atoms with van der Waals surface area (Å²) in [6.45, 7) is 0.257. The average molecular weight is 425 g/mol. The van der Waals surface area contributed by atoms with E-state index in [1.165, 1.54) is 11.8 Å². The molecule has 146 valence electrons. The van der Waals surface area contributed by atoms with E-state index in [1.54, 1.807) is 47.4 Å². The third-order valence-corrected chi connectivity index (χ3v) is 5.61. The Morgan fingerprint density at radius 1 is 1.24 bits per heavy atom. The molecule has 0 spiro atoms. The highest BCUT2D eigenvalue weighted by atomic mass is 32.2. The molecule has 1 saturated heterocycles. The third kappa shape index (κ3) is 4.01. The van der Waals surface area contributed by atoms with Crippen LogP contribution in [0.1, 0.15) is 21.5 Å². The molecule has 0 unspecified atom stereocenters. The van der Waals surface area contributed by atoms with Crippen LogP contribution >= 0.6 is 24.0 Å². The van der Waals surface area contributed by atoms with Crippen molar-refractivity contribution >= 4 is 57.8 Å². The zero-order valence-corrected chi connectivity index (χ0v) is 16.6. The van der Waals surface area contributed by atoms with E-state index in [2.05, 4.69) is 5.32 Å². The van der Waals surface area contributed by atoms with Gasteiger partial charge in [0.1, 0.15) is 10.1 Å². The van der Waals surface area contributed by atoms with Gasteiger partial charge in [0.25, 0.3) is 11.8 Å². The van der Waals surface area contributed by atoms with Gasteiger partial charge in [-0.15, -0.1) is 0 Å². The van der Waals surface area contributed by atoms with Gasteiger partial charge < -0.3 is 20.7 Å². The fourth-order valence-electron chi connectivity index (χ4n) is 3.01. The Morgan fingerprint density at radius 3 is 2.66 bits per heavy atom. The number of rotatable bonds is 4. The number of ether oxygens (including phenoxy) is 1. The number of anilines is 1. The summed E-state index contributed by atoms with van der Waals surface area (Å²) in [4.78, 5) is 37.8. The number of nitrogens with one attached hydrogen (secondary N) is 1. The van der Waals surface area contributed by atoms with Crippen LogP contribution in [0.2, 0.25) is 0 Å². The fraction of sp³-hybridized carbons (Fsp3) is 0.100. The standard InChI is InChI=1S/C20H15N3O4S2/c21-18(25)13-4-1-11(2-5-13)9-23-14-7-12(3-6-15(14)27-10-17(23)24)8-16-19(26)22-20(28)29-16/h1-8H,9-10H2,(H2,21,25)(H,22,26,28)/b16-8+. The Hall–Kier alpha value is -3.17. The van der Waals surface area contributed by atoms with Gasteiger partial charge >= 0.3 is 0 Å². The van der Waals surface area contributed by atoms with Gasteiger partial charge in [-0.1, -0.05) is 42.2 Å². The van der Waals surface area contributed by atoms with Crippen LogP contribution in [0.25, 0.3) is 6.08 Å². The van der Waals surface area contributed by atoms with Crippen molar-refractivity contribution in [3.8, 4) is 5.75 Å². The lowest BCUT2D eigenvalue weighted by molar-refractivity contribution is -0.121. The largest absolute Gasteiger partial charge is 0.482 e. The van der Waals surface area contributed by atoms with E-state index >= 15 is 0 Å². The SMILES string of the molecule is NC(=O)c1ccc(CN2C(=O)COc3ccc(/C=C4/SC(=S)NC4=O)cc32)cc1. The Labute approximate surface area is 175 Å². The molecule has 0 atom stereocenters. The summed E-state index contributed by atoms with van der Waals surface area (Å²) in [6.07, 6.45) is 1.72. The van der Waals surface area contributed by atoms with Gasteiger partial charge in [0.15, 0.2) is 6.61 Å². The van der Waals surface area contributed by atoms with Crippen LogP contribution in [0, 0.1) is 0 Å². The number of carbonyl (C=O) groups is 3. The number of hydrogen-bond donors (Lipinski definition) is 2. The van der Waals surface area contributed by atoms with Gasteiger partial charge in [-0.2, -0.15) is 0 Å². The average Bonchev–Trinajstić information content (AvgIpc) is 3.01. The highest BCUT2D eigenvalue weighted by Gasteiger charge is 2.27. The second-order valence-corrected chi connectivity index (χ2v) is 8.13. The number of carbonyl (C=O) groups excluding carboxylic acids is 3. The number of benzene rings is 2. The second kappa shape index (κ2) is 7.69. The summed E-state index contributed by atoms with van der Waals surface area (Å²) in [7, 11) is 0. The molecule has 0 saturated carbocycles. The van der Waals surface area contributed by atoms with Crippen LogP contribution in [-0.2, 0) is 16.1 Å². The van der Waals surface area contributed by atoms with Gasteiger partial charge in [-0.3, -0.25) is 14.4 Å². The monoisotopic (exact) mass is 425 g/mol. The predicted octanol–water partition coefficient (Wildman–Crippen LogP) is 2.20. The molecule has 3 amide bonds. The molecule has 2 heterocycles. The minimum Gasteiger partial charge on any atom is -0.482 e. The molecule has 2 aliphatic rings. The first-order valence-electron chi connectivity index (χ1n) is 8.61. The van der Waals surface area contributed by atoms with E-state index in [0.717, 1.165) is 11.1 Å². The Kier molecular flexibility index (Phi) is 5.08. The molecule has 29 heavy (non-hydrogen) atoms. The van der Waals surface area contributed by atoms with Crippen molar-refractivity contribution in [3.63, 3.8) is 0 Å². The summed E-state index contributed by atoms with van der Waals surface area (Å²) in [6, 6.07) is 12.2. The lowest BCUT2D eigenvalue weighted by atomic mass is 10.1. The summed E-state index contributed by atoms with van der Waals surface area (Å²) >= 11 is 6.20. The van der Waals surface area contributed by atoms with Crippen molar-refractivity contribution in [2.45, 2.75) is 6.54 Å². The molecule has 2 aromatic rings. The van der Waals surface area contributed by atoms with Gasteiger partial charge in [-0.25, -0.2) is 0 Å². The summed E-state index contributed by atoms with van der Waals surface area (Å²) in [5.41, 5.74) is 7.88. The fourth-order valence-corrected chi connectivity index (χ4v) is 4.06. The van der Waals surface area contributed by atoms with Crippen molar-refractivity contribution in [2.24, 2.45) is 5.73 Å². The molecule has 4 rings (SSSR count). The van der Waals surface area contributed by atoms with Gasteiger partial charge in [0, 0.05) is 5.56 Å². The van der Waals surface area contributed by atoms with Gasteiger partial charge in [0.05, 0.1) is 17.1 Å². The summed E-state index contributed by atoms with van der Waals surface area (Å²) < 4.78 is 5.95. The quantitative estimate of drug-likeness (QED) is 0.575. The maximum atomic E-state index is 12.5. The molecule has 0 radical (unpaired) electrons. The molecule has 9 heteroatoms. The molecule has 2 aliphatic heterocycles. The number of hydrogen-bond acceptors (Lipinski definition) is 6. The number of thiocarbonyl (C=S) groups is 1. The Bertz CT molecular complexity index is 1080. The molecule has 0 aliphatic carbocycles. The molecular weight excluding hydrogens is 410 g/mol. The van der Waals surface area contributed by atoms with E-state index in [0.29, 0.717) is 32.8 Å². The number of nitrogens with zero attached hydrogens (tertiary/aromatic N) is 1. The van der Waals surface area contributed by atoms with E-state index in [-0.39, 0.29) is 18.4 Å². The van der Waals surface area contributed by atoms with Gasteiger partial charge in [0.2, 0.25) is 5.91 Å². The zero-order chi connectivity index (χ0) is 20.5. The highest BCUT2D eigenvalue weighted by molar-refractivity contribution is 8.26. The minimum absolute atomic E-state index is 0.0562. The van der Waals surface area contributed by atoms with Crippen molar-refractivity contribution in [2.75, 3.05) is 11.5 Å². The van der Waals surface area contributed by atoms with Crippen molar-refractivity contribution in [3.05, 3.63) is 64.1 Å². The minimum atomic E-state index is -0.504. The smallest absolute Gasteiger partial charge is 0.265 e. The number of primary amides is 1. The predicted molar refractivity (Wildman–Crippen MR) is 114 cm³/mol. The van der Waals surface area contributed by atoms with E-state index in [1.807, 2.05) is 6.07 Å². The lowest BCUT2D eigenvalue weighted by Crippen LogP contribution is -2.38. The third-order valence-electron chi connectivity index (χ3n) is 4.44. The van der Waals surface area contributed by atoms with Gasteiger partial charge in [-0.05, 0) is 41.5 Å². The normalized spacial score (nSPS) is 17.2. The first-order valence-corrected chi connectivity index (χ1v) is 9.84. The van der Waals surface area contributed by atoms with Crippen LogP contribution in [-0.4, -0.2) is 28.6 Å². The van der Waals surface area contributed by atoms with Crippen molar-refractivity contribution < 1.29 is 19.1 Å². The van der Waals surface area contributed by atoms with E-state index in [9.17, 15) is 14.4 Å². The molecule has 0 bridgehead atoms. The number of nitrogens with two attached hydrogens (primary N) is 1. The number of thioether (sulfide) groups is 1. The van der Waals surface area contributed by atoms with Crippen LogP contribution in [0.4, 0.5) is 5.69 Å². The Balaban J connectivity index is 1.64. The maximum Gasteiger partial charge on any atom is 0.265 e. The molecule has 0 aromatic heterocycles. The number of amides is 3. The molecular formula is C20H15N3O4S2. The number of fused-ring (bicyclic) bond motifs is 1. The summed E-state index contributed by atoms with van der Waals surface area (Å²) in [5, 5.41) is 2.58. The topological polar surface area (TPSA) is 102 Å². The van der Waals surface area contributed by atoms with E-state index in [4.69, 9.17) is 22.7 Å². The second-order valence-electron chi connectivity index (χ2n) is 6.41. The van der Waals surface area contributed by atoms with Crippen molar-refractivity contribution in [1.82, 2.24) is 5.32 Å². The van der Waals surface area contributed by atoms with Crippen LogP contribution < -0.4 is 20.7 Å².